The summed E-state index contributed by atoms with van der Waals surface area (Å²) in [6.45, 7) is 3.59. The molecule has 0 saturated heterocycles. The topological polar surface area (TPSA) is 88.1 Å². The van der Waals surface area contributed by atoms with E-state index in [0.29, 0.717) is 5.71 Å². The lowest BCUT2D eigenvalue weighted by atomic mass is 10.2. The van der Waals surface area contributed by atoms with Crippen molar-refractivity contribution in [2.45, 2.75) is 18.7 Å². The van der Waals surface area contributed by atoms with Gasteiger partial charge in [-0.05, 0) is 44.2 Å². The van der Waals surface area contributed by atoms with E-state index in [1.165, 1.54) is 19.2 Å². The summed E-state index contributed by atoms with van der Waals surface area (Å²) in [7, 11) is -0.932. The molecule has 0 atom stereocenters. The molecule has 128 valence electrons. The Morgan fingerprint density at radius 3 is 2.38 bits per heavy atom. The van der Waals surface area contributed by atoms with Gasteiger partial charge in [0.25, 0.3) is 0 Å². The molecule has 0 bridgehead atoms. The zero-order chi connectivity index (χ0) is 18.1. The minimum atomic E-state index is -4.03. The van der Waals surface area contributed by atoms with Gasteiger partial charge < -0.3 is 10.6 Å². The average Bonchev–Trinajstić information content (AvgIpc) is 2.52. The molecule has 1 aromatic rings. The van der Waals surface area contributed by atoms with Crippen molar-refractivity contribution in [3.05, 3.63) is 52.6 Å². The van der Waals surface area contributed by atoms with Gasteiger partial charge in [0.15, 0.2) is 10.7 Å². The number of rotatable bonds is 3. The molecule has 6 nitrogen and oxygen atoms in total. The van der Waals surface area contributed by atoms with Crippen LogP contribution in [0.4, 0.5) is 4.39 Å². The van der Waals surface area contributed by atoms with E-state index >= 15 is 0 Å². The molecule has 2 N–H and O–H groups in total. The maximum atomic E-state index is 13.1. The number of hydrogen-bond acceptors (Lipinski definition) is 5. The number of allylic oxidation sites excluding steroid dienone is 2. The fourth-order valence-corrected chi connectivity index (χ4v) is 3.77. The first kappa shape index (κ1) is 17.9. The number of benzene rings is 1. The molecule has 2 rings (SSSR count). The molecule has 0 fully saturated rings. The second kappa shape index (κ2) is 6.56. The van der Waals surface area contributed by atoms with Gasteiger partial charge >= 0.3 is 0 Å². The van der Waals surface area contributed by atoms with Crippen molar-refractivity contribution in [3.8, 4) is 0 Å². The van der Waals surface area contributed by atoms with Crippen LogP contribution < -0.4 is 5.73 Å². The zero-order valence-corrected chi connectivity index (χ0v) is 14.7. The van der Waals surface area contributed by atoms with Crippen molar-refractivity contribution in [1.82, 2.24) is 4.90 Å². The lowest BCUT2D eigenvalue weighted by Crippen LogP contribution is -2.30. The summed E-state index contributed by atoms with van der Waals surface area (Å²) >= 11 is 0. The van der Waals surface area contributed by atoms with E-state index in [-0.39, 0.29) is 21.5 Å². The minimum absolute atomic E-state index is 0.0774. The molecule has 0 saturated carbocycles. The van der Waals surface area contributed by atoms with Gasteiger partial charge in [-0.15, -0.1) is 0 Å². The van der Waals surface area contributed by atoms with Gasteiger partial charge in [0.05, 0.1) is 4.90 Å². The molecular weight excluding hydrogens is 331 g/mol. The zero-order valence-electron chi connectivity index (χ0n) is 13.9. The molecule has 1 aliphatic rings. The maximum absolute atomic E-state index is 13.1. The molecule has 0 aromatic heterocycles. The molecule has 0 aliphatic carbocycles. The highest BCUT2D eigenvalue weighted by atomic mass is 32.2. The third-order valence-electron chi connectivity index (χ3n) is 3.62. The van der Waals surface area contributed by atoms with E-state index < -0.39 is 15.7 Å². The van der Waals surface area contributed by atoms with Crippen molar-refractivity contribution < 1.29 is 12.8 Å². The second-order valence-electron chi connectivity index (χ2n) is 5.32. The van der Waals surface area contributed by atoms with Gasteiger partial charge in [0.2, 0.25) is 9.84 Å². The summed E-state index contributed by atoms with van der Waals surface area (Å²) in [5, 5.41) is 0. The molecule has 1 aromatic carbocycles. The SMILES string of the molecule is CN=C(N)/C(=C1/N=C(C)C=C(C)N1C)S(=O)(=O)c1ccc(F)cc1. The standard InChI is InChI=1S/C16H19FN4O2S/c1-10-9-11(2)21(4)16(20-10)14(15(18)19-3)24(22,23)13-7-5-12(17)6-8-13/h5-9H,1-4H3,(H2,18,19)/b16-14+. The van der Waals surface area contributed by atoms with Crippen LogP contribution in [0.1, 0.15) is 13.8 Å². The Morgan fingerprint density at radius 1 is 1.25 bits per heavy atom. The number of aliphatic imine (C=N–C) groups is 2. The predicted octanol–water partition coefficient (Wildman–Crippen LogP) is 2.07. The van der Waals surface area contributed by atoms with Crippen LogP contribution in [0.3, 0.4) is 0 Å². The van der Waals surface area contributed by atoms with Crippen LogP contribution in [0.2, 0.25) is 0 Å². The van der Waals surface area contributed by atoms with Crippen LogP contribution in [-0.4, -0.2) is 39.0 Å². The van der Waals surface area contributed by atoms with E-state index in [9.17, 15) is 12.8 Å². The summed E-state index contributed by atoms with van der Waals surface area (Å²) in [6.07, 6.45) is 1.82. The number of nitrogens with two attached hydrogens (primary N) is 1. The molecule has 24 heavy (non-hydrogen) atoms. The highest BCUT2D eigenvalue weighted by Gasteiger charge is 2.31. The molecule has 0 amide bonds. The van der Waals surface area contributed by atoms with Crippen molar-refractivity contribution in [2.75, 3.05) is 14.1 Å². The molecule has 1 aliphatic heterocycles. The van der Waals surface area contributed by atoms with E-state index in [1.807, 2.05) is 13.0 Å². The lowest BCUT2D eigenvalue weighted by Gasteiger charge is -2.26. The predicted molar refractivity (Wildman–Crippen MR) is 92.8 cm³/mol. The smallest absolute Gasteiger partial charge is 0.213 e. The van der Waals surface area contributed by atoms with Crippen LogP contribution in [0.15, 0.2) is 61.6 Å². The summed E-state index contributed by atoms with van der Waals surface area (Å²) < 4.78 is 39.2. The molecule has 1 heterocycles. The van der Waals surface area contributed by atoms with Crippen LogP contribution in [0.25, 0.3) is 0 Å². The van der Waals surface area contributed by atoms with Gasteiger partial charge in [-0.25, -0.2) is 17.8 Å². The Balaban J connectivity index is 2.78. The Hall–Kier alpha value is -2.48. The van der Waals surface area contributed by atoms with Gasteiger partial charge in [-0.3, -0.25) is 4.99 Å². The van der Waals surface area contributed by atoms with Gasteiger partial charge in [0, 0.05) is 25.5 Å². The highest BCUT2D eigenvalue weighted by Crippen LogP contribution is 2.28. The summed E-state index contributed by atoms with van der Waals surface area (Å²) in [5.74, 6) is -0.505. The van der Waals surface area contributed by atoms with Crippen LogP contribution >= 0.6 is 0 Å². The first-order valence-electron chi connectivity index (χ1n) is 7.13. The molecule has 8 heteroatoms. The Kier molecular flexibility index (Phi) is 4.88. The van der Waals surface area contributed by atoms with Crippen molar-refractivity contribution >= 4 is 21.4 Å². The van der Waals surface area contributed by atoms with Crippen molar-refractivity contribution in [3.63, 3.8) is 0 Å². The van der Waals surface area contributed by atoms with Gasteiger partial charge in [0.1, 0.15) is 11.7 Å². The number of halogens is 1. The van der Waals surface area contributed by atoms with E-state index in [4.69, 9.17) is 5.73 Å². The summed E-state index contributed by atoms with van der Waals surface area (Å²) in [5.41, 5.74) is 7.34. The monoisotopic (exact) mass is 350 g/mol. The molecular formula is C16H19FN4O2S. The summed E-state index contributed by atoms with van der Waals surface area (Å²) in [4.78, 5) is 9.50. The first-order valence-corrected chi connectivity index (χ1v) is 8.61. The van der Waals surface area contributed by atoms with Crippen LogP contribution in [-0.2, 0) is 9.84 Å². The maximum Gasteiger partial charge on any atom is 0.213 e. The third kappa shape index (κ3) is 3.23. The van der Waals surface area contributed by atoms with Gasteiger partial charge in [-0.1, -0.05) is 0 Å². The minimum Gasteiger partial charge on any atom is -0.383 e. The summed E-state index contributed by atoms with van der Waals surface area (Å²) in [6, 6.07) is 4.55. The lowest BCUT2D eigenvalue weighted by molar-refractivity contribution is 0.507. The normalized spacial score (nSPS) is 18.2. The van der Waals surface area contributed by atoms with E-state index in [2.05, 4.69) is 9.98 Å². The number of sulfone groups is 1. The van der Waals surface area contributed by atoms with E-state index in [0.717, 1.165) is 17.8 Å². The number of hydrogen-bond donors (Lipinski definition) is 1. The number of nitrogens with zero attached hydrogens (tertiary/aromatic N) is 3. The van der Waals surface area contributed by atoms with Crippen molar-refractivity contribution in [2.24, 2.45) is 15.7 Å². The highest BCUT2D eigenvalue weighted by molar-refractivity contribution is 7.96. The molecule has 0 radical (unpaired) electrons. The molecule has 0 unspecified atom stereocenters. The van der Waals surface area contributed by atoms with Gasteiger partial charge in [-0.2, -0.15) is 0 Å². The Labute approximate surface area is 140 Å². The number of amidine groups is 1. The van der Waals surface area contributed by atoms with E-state index in [1.54, 1.807) is 18.9 Å². The first-order chi connectivity index (χ1) is 11.2. The van der Waals surface area contributed by atoms with Crippen LogP contribution in [0.5, 0.6) is 0 Å². The fourth-order valence-electron chi connectivity index (χ4n) is 2.25. The van der Waals surface area contributed by atoms with Crippen LogP contribution in [0, 0.1) is 5.82 Å². The average molecular weight is 350 g/mol. The Bertz CT molecular complexity index is 881. The fraction of sp³-hybridized carbons (Fsp3) is 0.250. The largest absolute Gasteiger partial charge is 0.383 e. The quantitative estimate of drug-likeness (QED) is 0.513. The molecule has 0 spiro atoms. The Morgan fingerprint density at radius 2 is 1.83 bits per heavy atom. The third-order valence-corrected chi connectivity index (χ3v) is 5.44. The van der Waals surface area contributed by atoms with Crippen molar-refractivity contribution in [1.29, 1.82) is 0 Å². The second-order valence-corrected chi connectivity index (χ2v) is 7.20.